The zero-order valence-corrected chi connectivity index (χ0v) is 21.0. The van der Waals surface area contributed by atoms with Gasteiger partial charge in [0.2, 0.25) is 0 Å². The molecule has 3 heterocycles. The summed E-state index contributed by atoms with van der Waals surface area (Å²) in [5, 5.41) is 4.44. The van der Waals surface area contributed by atoms with Crippen molar-refractivity contribution in [2.24, 2.45) is 0 Å². The third-order valence-electron chi connectivity index (χ3n) is 6.06. The quantitative estimate of drug-likeness (QED) is 0.304. The summed E-state index contributed by atoms with van der Waals surface area (Å²) < 4.78 is 2.04. The molecule has 0 fully saturated rings. The number of hydrogen-bond donors (Lipinski definition) is 1. The monoisotopic (exact) mass is 498 g/mol. The van der Waals surface area contributed by atoms with Crippen molar-refractivity contribution < 1.29 is 4.79 Å². The number of halogens is 1. The Morgan fingerprint density at radius 1 is 1.03 bits per heavy atom. The Hall–Kier alpha value is -3.81. The standard InChI is InChI=1S/C28H27ClN6O/c1-34(2)14-4-13-31-28(36)22-8-7-21(16-23(22)29)25-10-11-26-27(33-25)35(18-32-26)17-19-6-9-24-20(15-19)5-3-12-30-24/h3,5-12,15-16,18H,4,13-14,17H2,1-2H3,(H,31,36). The summed E-state index contributed by atoms with van der Waals surface area (Å²) in [6.07, 6.45) is 4.49. The molecule has 3 aromatic heterocycles. The summed E-state index contributed by atoms with van der Waals surface area (Å²) in [6, 6.07) is 19.6. The van der Waals surface area contributed by atoms with Gasteiger partial charge in [-0.3, -0.25) is 9.78 Å². The number of hydrogen-bond acceptors (Lipinski definition) is 5. The van der Waals surface area contributed by atoms with Gasteiger partial charge in [-0.25, -0.2) is 9.97 Å². The van der Waals surface area contributed by atoms with Crippen LogP contribution in [0.5, 0.6) is 0 Å². The number of aromatic nitrogens is 4. The molecule has 8 heteroatoms. The summed E-state index contributed by atoms with van der Waals surface area (Å²) in [5.41, 5.74) is 5.80. The number of nitrogens with one attached hydrogen (secondary N) is 1. The highest BCUT2D eigenvalue weighted by atomic mass is 35.5. The van der Waals surface area contributed by atoms with Gasteiger partial charge in [0.05, 0.1) is 34.7 Å². The number of carbonyl (C=O) groups excluding carboxylic acids is 1. The van der Waals surface area contributed by atoms with Crippen molar-refractivity contribution in [3.05, 3.63) is 89.3 Å². The summed E-state index contributed by atoms with van der Waals surface area (Å²) in [4.78, 5) is 28.4. The van der Waals surface area contributed by atoms with E-state index in [4.69, 9.17) is 16.6 Å². The number of carbonyl (C=O) groups is 1. The average molecular weight is 499 g/mol. The van der Waals surface area contributed by atoms with Crippen LogP contribution in [0.15, 0.2) is 73.2 Å². The summed E-state index contributed by atoms with van der Waals surface area (Å²) in [7, 11) is 4.02. The largest absolute Gasteiger partial charge is 0.352 e. The van der Waals surface area contributed by atoms with Crippen molar-refractivity contribution in [2.45, 2.75) is 13.0 Å². The first-order chi connectivity index (χ1) is 17.5. The van der Waals surface area contributed by atoms with Crippen LogP contribution in [-0.4, -0.2) is 57.5 Å². The fourth-order valence-corrected chi connectivity index (χ4v) is 4.45. The zero-order chi connectivity index (χ0) is 25.1. The van der Waals surface area contributed by atoms with E-state index in [1.165, 1.54) is 0 Å². The van der Waals surface area contributed by atoms with Crippen LogP contribution < -0.4 is 5.32 Å². The SMILES string of the molecule is CN(C)CCCNC(=O)c1ccc(-c2ccc3ncn(Cc4ccc5ncccc5c4)c3n2)cc1Cl. The Kier molecular flexibility index (Phi) is 6.93. The molecular weight excluding hydrogens is 472 g/mol. The van der Waals surface area contributed by atoms with Crippen molar-refractivity contribution in [1.82, 2.24) is 29.7 Å². The van der Waals surface area contributed by atoms with Crippen LogP contribution in [0.25, 0.3) is 33.3 Å². The van der Waals surface area contributed by atoms with Gasteiger partial charge in [-0.05, 0) is 75.1 Å². The van der Waals surface area contributed by atoms with Crippen LogP contribution in [0.1, 0.15) is 22.3 Å². The average Bonchev–Trinajstić information content (AvgIpc) is 3.28. The minimum absolute atomic E-state index is 0.169. The predicted molar refractivity (Wildman–Crippen MR) is 144 cm³/mol. The highest BCUT2D eigenvalue weighted by Gasteiger charge is 2.13. The van der Waals surface area contributed by atoms with E-state index < -0.39 is 0 Å². The minimum Gasteiger partial charge on any atom is -0.352 e. The number of nitrogens with zero attached hydrogens (tertiary/aromatic N) is 5. The Labute approximate surface area is 214 Å². The minimum atomic E-state index is -0.169. The lowest BCUT2D eigenvalue weighted by molar-refractivity contribution is 0.0952. The molecule has 1 amide bonds. The van der Waals surface area contributed by atoms with E-state index in [2.05, 4.69) is 38.4 Å². The molecule has 1 N–H and O–H groups in total. The summed E-state index contributed by atoms with van der Waals surface area (Å²) in [5.74, 6) is -0.169. The Bertz CT molecular complexity index is 1540. The summed E-state index contributed by atoms with van der Waals surface area (Å²) in [6.45, 7) is 2.16. The normalized spacial score (nSPS) is 11.4. The molecule has 0 spiro atoms. The topological polar surface area (TPSA) is 75.9 Å². The first kappa shape index (κ1) is 23.9. The van der Waals surface area contributed by atoms with E-state index in [0.717, 1.165) is 51.9 Å². The number of imidazole rings is 1. The maximum Gasteiger partial charge on any atom is 0.252 e. The lowest BCUT2D eigenvalue weighted by Gasteiger charge is -2.11. The van der Waals surface area contributed by atoms with Crippen LogP contribution in [0.3, 0.4) is 0 Å². The Morgan fingerprint density at radius 3 is 2.72 bits per heavy atom. The first-order valence-corrected chi connectivity index (χ1v) is 12.2. The second-order valence-corrected chi connectivity index (χ2v) is 9.46. The van der Waals surface area contributed by atoms with Gasteiger partial charge in [-0.2, -0.15) is 0 Å². The lowest BCUT2D eigenvalue weighted by atomic mass is 10.1. The van der Waals surface area contributed by atoms with Crippen molar-refractivity contribution in [3.63, 3.8) is 0 Å². The molecule has 0 aliphatic rings. The smallest absolute Gasteiger partial charge is 0.252 e. The van der Waals surface area contributed by atoms with Crippen molar-refractivity contribution in [2.75, 3.05) is 27.2 Å². The molecule has 2 aromatic carbocycles. The van der Waals surface area contributed by atoms with Crippen LogP contribution in [0.2, 0.25) is 5.02 Å². The van der Waals surface area contributed by atoms with E-state index in [1.54, 1.807) is 18.3 Å². The van der Waals surface area contributed by atoms with Crippen molar-refractivity contribution >= 4 is 39.6 Å². The molecule has 0 bridgehead atoms. The highest BCUT2D eigenvalue weighted by Crippen LogP contribution is 2.26. The van der Waals surface area contributed by atoms with E-state index in [-0.39, 0.29) is 5.91 Å². The molecule has 5 rings (SSSR count). The van der Waals surface area contributed by atoms with Crippen molar-refractivity contribution in [1.29, 1.82) is 0 Å². The molecular formula is C28H27ClN6O. The number of pyridine rings is 2. The molecule has 0 saturated heterocycles. The van der Waals surface area contributed by atoms with Gasteiger partial charge in [0.25, 0.3) is 5.91 Å². The van der Waals surface area contributed by atoms with E-state index in [0.29, 0.717) is 23.7 Å². The van der Waals surface area contributed by atoms with Gasteiger partial charge < -0.3 is 14.8 Å². The van der Waals surface area contributed by atoms with Crippen molar-refractivity contribution in [3.8, 4) is 11.3 Å². The molecule has 0 unspecified atom stereocenters. The molecule has 0 radical (unpaired) electrons. The Morgan fingerprint density at radius 2 is 1.89 bits per heavy atom. The van der Waals surface area contributed by atoms with Gasteiger partial charge in [0.1, 0.15) is 5.52 Å². The van der Waals surface area contributed by atoms with Crippen LogP contribution in [0, 0.1) is 0 Å². The first-order valence-electron chi connectivity index (χ1n) is 11.9. The summed E-state index contributed by atoms with van der Waals surface area (Å²) >= 11 is 6.50. The van der Waals surface area contributed by atoms with Gasteiger partial charge in [-0.1, -0.05) is 29.8 Å². The number of benzene rings is 2. The van der Waals surface area contributed by atoms with Crippen LogP contribution in [-0.2, 0) is 6.54 Å². The van der Waals surface area contributed by atoms with Gasteiger partial charge in [-0.15, -0.1) is 0 Å². The van der Waals surface area contributed by atoms with E-state index >= 15 is 0 Å². The Balaban J connectivity index is 1.36. The number of rotatable bonds is 8. The van der Waals surface area contributed by atoms with Crippen LogP contribution >= 0.6 is 11.6 Å². The number of fused-ring (bicyclic) bond motifs is 2. The third-order valence-corrected chi connectivity index (χ3v) is 6.37. The molecule has 0 saturated carbocycles. The van der Waals surface area contributed by atoms with Gasteiger partial charge in [0, 0.05) is 23.7 Å². The molecule has 0 aliphatic carbocycles. The van der Waals surface area contributed by atoms with Crippen LogP contribution in [0.4, 0.5) is 0 Å². The molecule has 5 aromatic rings. The third kappa shape index (κ3) is 5.22. The van der Waals surface area contributed by atoms with Gasteiger partial charge >= 0.3 is 0 Å². The predicted octanol–water partition coefficient (Wildman–Crippen LogP) is 5.03. The second kappa shape index (κ2) is 10.4. The van der Waals surface area contributed by atoms with Gasteiger partial charge in [0.15, 0.2) is 5.65 Å². The second-order valence-electron chi connectivity index (χ2n) is 9.05. The molecule has 0 atom stereocenters. The lowest BCUT2D eigenvalue weighted by Crippen LogP contribution is -2.27. The fraction of sp³-hybridized carbons (Fsp3) is 0.214. The molecule has 7 nitrogen and oxygen atoms in total. The molecule has 36 heavy (non-hydrogen) atoms. The zero-order valence-electron chi connectivity index (χ0n) is 20.3. The highest BCUT2D eigenvalue weighted by molar-refractivity contribution is 6.34. The number of amides is 1. The maximum absolute atomic E-state index is 12.6. The van der Waals surface area contributed by atoms with E-state index in [1.807, 2.05) is 55.3 Å². The molecule has 182 valence electrons. The molecule has 0 aliphatic heterocycles. The van der Waals surface area contributed by atoms with E-state index in [9.17, 15) is 4.79 Å². The maximum atomic E-state index is 12.6. The fourth-order valence-electron chi connectivity index (χ4n) is 4.19.